The molecule has 0 amide bonds. The smallest absolute Gasteiger partial charge is 0.341 e. The Labute approximate surface area is 195 Å². The van der Waals surface area contributed by atoms with Gasteiger partial charge in [-0.15, -0.1) is 11.3 Å². The maximum absolute atomic E-state index is 13.9. The summed E-state index contributed by atoms with van der Waals surface area (Å²) in [4.78, 5) is 13.9. The van der Waals surface area contributed by atoms with Crippen LogP contribution in [-0.2, 0) is 24.1 Å². The molecule has 9 heteroatoms. The highest BCUT2D eigenvalue weighted by atomic mass is 32.1. The van der Waals surface area contributed by atoms with Crippen molar-refractivity contribution in [3.63, 3.8) is 0 Å². The second kappa shape index (κ2) is 10.2. The van der Waals surface area contributed by atoms with Gasteiger partial charge in [0.25, 0.3) is 0 Å². The summed E-state index contributed by atoms with van der Waals surface area (Å²) in [6, 6.07) is 8.39. The fourth-order valence-electron chi connectivity index (χ4n) is 3.82. The lowest BCUT2D eigenvalue weighted by atomic mass is 10.1. The van der Waals surface area contributed by atoms with Gasteiger partial charge >= 0.3 is 5.97 Å². The number of carbonyl (C=O) groups is 1. The summed E-state index contributed by atoms with van der Waals surface area (Å²) in [5, 5.41) is 11.7. The number of hydrogen-bond acceptors (Lipinski definition) is 5. The molecule has 1 aliphatic carbocycles. The summed E-state index contributed by atoms with van der Waals surface area (Å²) >= 11 is 7.05. The molecule has 2 N–H and O–H groups in total. The maximum atomic E-state index is 13.9. The molecule has 0 atom stereocenters. The largest absolute Gasteiger partial charge is 0.462 e. The van der Waals surface area contributed by atoms with Crippen LogP contribution in [0.2, 0.25) is 0 Å². The minimum absolute atomic E-state index is 0.265. The van der Waals surface area contributed by atoms with E-state index in [-0.39, 0.29) is 11.8 Å². The van der Waals surface area contributed by atoms with Gasteiger partial charge in [-0.2, -0.15) is 5.10 Å². The Kier molecular flexibility index (Phi) is 7.16. The lowest BCUT2D eigenvalue weighted by molar-refractivity contribution is 0.0527. The van der Waals surface area contributed by atoms with Gasteiger partial charge in [-0.25, -0.2) is 9.18 Å². The van der Waals surface area contributed by atoms with Crippen LogP contribution in [0.4, 0.5) is 15.2 Å². The molecule has 2 heterocycles. The number of anilines is 2. The van der Waals surface area contributed by atoms with Crippen molar-refractivity contribution in [1.82, 2.24) is 9.78 Å². The quantitative estimate of drug-likeness (QED) is 0.285. The second-order valence-electron chi connectivity index (χ2n) is 7.56. The zero-order valence-corrected chi connectivity index (χ0v) is 19.5. The zero-order valence-electron chi connectivity index (χ0n) is 17.8. The van der Waals surface area contributed by atoms with Gasteiger partial charge in [-0.1, -0.05) is 24.6 Å². The molecule has 32 heavy (non-hydrogen) atoms. The van der Waals surface area contributed by atoms with Crippen molar-refractivity contribution in [1.29, 1.82) is 0 Å². The number of aromatic nitrogens is 2. The summed E-state index contributed by atoms with van der Waals surface area (Å²) in [6.45, 7) is 2.45. The number of rotatable bonds is 6. The van der Waals surface area contributed by atoms with Gasteiger partial charge in [0.15, 0.2) is 10.9 Å². The number of aryl methyl sites for hydroxylation is 1. The number of thiophene rings is 1. The van der Waals surface area contributed by atoms with E-state index in [1.54, 1.807) is 53.4 Å². The number of nitrogens with one attached hydrogen (secondary N) is 2. The maximum Gasteiger partial charge on any atom is 0.341 e. The van der Waals surface area contributed by atoms with Crippen LogP contribution in [-0.4, -0.2) is 27.5 Å². The first-order valence-corrected chi connectivity index (χ1v) is 11.9. The third-order valence-electron chi connectivity index (χ3n) is 5.30. The Morgan fingerprint density at radius 1 is 1.22 bits per heavy atom. The van der Waals surface area contributed by atoms with Crippen LogP contribution in [0, 0.1) is 5.82 Å². The summed E-state index contributed by atoms with van der Waals surface area (Å²) in [6.07, 6.45) is 6.96. The Hall–Kier alpha value is -2.78. The van der Waals surface area contributed by atoms with E-state index < -0.39 is 0 Å². The molecule has 6 nitrogen and oxygen atoms in total. The van der Waals surface area contributed by atoms with Gasteiger partial charge in [-0.3, -0.25) is 4.68 Å². The fraction of sp³-hybridized carbons (Fsp3) is 0.348. The highest BCUT2D eigenvalue weighted by molar-refractivity contribution is 7.80. The molecule has 0 bridgehead atoms. The fourth-order valence-corrected chi connectivity index (χ4v) is 5.37. The van der Waals surface area contributed by atoms with Crippen molar-refractivity contribution >= 4 is 45.5 Å². The van der Waals surface area contributed by atoms with E-state index in [1.165, 1.54) is 17.4 Å². The van der Waals surface area contributed by atoms with E-state index >= 15 is 0 Å². The van der Waals surface area contributed by atoms with Crippen molar-refractivity contribution in [3.05, 3.63) is 63.9 Å². The number of fused-ring (bicyclic) bond motifs is 1. The van der Waals surface area contributed by atoms with Crippen LogP contribution in [0.15, 0.2) is 36.5 Å². The molecular weight excluding hydrogens is 447 g/mol. The number of carbonyl (C=O) groups excluding carboxylic acids is 1. The first kappa shape index (κ1) is 22.4. The van der Waals surface area contributed by atoms with E-state index in [2.05, 4.69) is 15.7 Å². The molecule has 0 radical (unpaired) electrons. The second-order valence-corrected chi connectivity index (χ2v) is 9.07. The lowest BCUT2D eigenvalue weighted by Gasteiger charge is -2.10. The van der Waals surface area contributed by atoms with E-state index in [1.807, 2.05) is 0 Å². The van der Waals surface area contributed by atoms with Crippen LogP contribution in [0.3, 0.4) is 0 Å². The highest BCUT2D eigenvalue weighted by Gasteiger charge is 2.26. The molecule has 2 aromatic heterocycles. The average molecular weight is 473 g/mol. The molecule has 168 valence electrons. The summed E-state index contributed by atoms with van der Waals surface area (Å²) in [5.74, 6) is -0.0420. The topological polar surface area (TPSA) is 68.2 Å². The lowest BCUT2D eigenvalue weighted by Crippen LogP contribution is -2.21. The van der Waals surface area contributed by atoms with Crippen LogP contribution in [0.5, 0.6) is 0 Å². The molecule has 0 saturated heterocycles. The molecule has 0 unspecified atom stereocenters. The first-order valence-electron chi connectivity index (χ1n) is 10.7. The first-order chi connectivity index (χ1) is 15.5. The van der Waals surface area contributed by atoms with Gasteiger partial charge in [0.1, 0.15) is 10.8 Å². The van der Waals surface area contributed by atoms with Gasteiger partial charge in [0, 0.05) is 22.7 Å². The summed E-state index contributed by atoms with van der Waals surface area (Å²) < 4.78 is 20.9. The van der Waals surface area contributed by atoms with Crippen molar-refractivity contribution in [2.45, 2.75) is 45.6 Å². The Balaban J connectivity index is 1.47. The van der Waals surface area contributed by atoms with Crippen molar-refractivity contribution < 1.29 is 13.9 Å². The number of hydrogen-bond donors (Lipinski definition) is 2. The Morgan fingerprint density at radius 2 is 2.03 bits per heavy atom. The Morgan fingerprint density at radius 3 is 2.84 bits per heavy atom. The van der Waals surface area contributed by atoms with Gasteiger partial charge in [0.2, 0.25) is 0 Å². The van der Waals surface area contributed by atoms with Crippen LogP contribution < -0.4 is 10.6 Å². The monoisotopic (exact) mass is 472 g/mol. The molecular formula is C23H25FN4O2S2. The predicted octanol–water partition coefficient (Wildman–Crippen LogP) is 5.39. The standard InChI is InChI=1S/C23H25FN4O2S2/c1-2-30-22(29)20-16-9-4-3-5-11-18(16)32-21(20)26-23(31)25-19-12-13-28(27-19)14-15-8-6-7-10-17(15)24/h6-8,10,12-13H,2-5,9,11,14H2,1H3,(H2,25,26,27,31). The number of thiocarbonyl (C=S) groups is 1. The molecule has 0 saturated carbocycles. The third-order valence-corrected chi connectivity index (χ3v) is 6.71. The van der Waals surface area contributed by atoms with Crippen molar-refractivity contribution in [2.75, 3.05) is 17.2 Å². The van der Waals surface area contributed by atoms with Crippen LogP contribution >= 0.6 is 23.6 Å². The van der Waals surface area contributed by atoms with Gasteiger partial charge in [0.05, 0.1) is 18.7 Å². The minimum Gasteiger partial charge on any atom is -0.462 e. The summed E-state index contributed by atoms with van der Waals surface area (Å²) in [7, 11) is 0. The van der Waals surface area contributed by atoms with E-state index in [0.717, 1.165) is 31.2 Å². The number of esters is 1. The molecule has 0 aliphatic heterocycles. The van der Waals surface area contributed by atoms with Gasteiger partial charge in [-0.05, 0) is 56.5 Å². The van der Waals surface area contributed by atoms with Gasteiger partial charge < -0.3 is 15.4 Å². The highest BCUT2D eigenvalue weighted by Crippen LogP contribution is 2.38. The Bertz CT molecular complexity index is 1130. The zero-order chi connectivity index (χ0) is 22.5. The third kappa shape index (κ3) is 5.16. The number of benzene rings is 1. The summed E-state index contributed by atoms with van der Waals surface area (Å²) in [5.41, 5.74) is 2.25. The number of ether oxygens (including phenoxy) is 1. The molecule has 1 aromatic carbocycles. The minimum atomic E-state index is -0.314. The molecule has 4 rings (SSSR count). The van der Waals surface area contributed by atoms with Crippen molar-refractivity contribution in [2.24, 2.45) is 0 Å². The molecule has 3 aromatic rings. The molecule has 1 aliphatic rings. The SMILES string of the molecule is CCOC(=O)c1c(NC(=S)Nc2ccn(Cc3ccccc3F)n2)sc2c1CCCCC2. The van der Waals surface area contributed by atoms with Crippen LogP contribution in [0.1, 0.15) is 52.5 Å². The number of halogens is 1. The van der Waals surface area contributed by atoms with Crippen LogP contribution in [0.25, 0.3) is 0 Å². The predicted molar refractivity (Wildman–Crippen MR) is 129 cm³/mol. The normalized spacial score (nSPS) is 13.2. The van der Waals surface area contributed by atoms with E-state index in [4.69, 9.17) is 17.0 Å². The average Bonchev–Trinajstić information content (AvgIpc) is 3.26. The number of nitrogens with zero attached hydrogens (tertiary/aromatic N) is 2. The van der Waals surface area contributed by atoms with Crippen molar-refractivity contribution in [3.8, 4) is 0 Å². The van der Waals surface area contributed by atoms with E-state index in [9.17, 15) is 9.18 Å². The van der Waals surface area contributed by atoms with E-state index in [0.29, 0.717) is 40.2 Å². The molecule has 0 fully saturated rings. The molecule has 0 spiro atoms.